The van der Waals surface area contributed by atoms with E-state index in [2.05, 4.69) is 29.4 Å². The zero-order valence-corrected chi connectivity index (χ0v) is 25.4. The van der Waals surface area contributed by atoms with Gasteiger partial charge in [0.15, 0.2) is 6.10 Å². The maximum atomic E-state index is 13.1. The van der Waals surface area contributed by atoms with Crippen LogP contribution in [0.3, 0.4) is 0 Å². The molecule has 3 heterocycles. The summed E-state index contributed by atoms with van der Waals surface area (Å²) < 4.78 is 17.1. The van der Waals surface area contributed by atoms with Crippen LogP contribution in [0.2, 0.25) is 0 Å². The summed E-state index contributed by atoms with van der Waals surface area (Å²) in [7, 11) is 2.08. The number of ether oxygens (including phenoxy) is 3. The van der Waals surface area contributed by atoms with Crippen molar-refractivity contribution in [2.24, 2.45) is 0 Å². The minimum atomic E-state index is -0.892. The van der Waals surface area contributed by atoms with Gasteiger partial charge in [0, 0.05) is 51.1 Å². The summed E-state index contributed by atoms with van der Waals surface area (Å²) in [5, 5.41) is 12.6. The Morgan fingerprint density at radius 2 is 1.81 bits per heavy atom. The molecule has 10 nitrogen and oxygen atoms in total. The minimum Gasteiger partial charge on any atom is -0.450 e. The fourth-order valence-electron chi connectivity index (χ4n) is 5.86. The van der Waals surface area contributed by atoms with Crippen molar-refractivity contribution in [3.05, 3.63) is 59.2 Å². The highest BCUT2D eigenvalue weighted by molar-refractivity contribution is 5.95. The van der Waals surface area contributed by atoms with E-state index in [0.29, 0.717) is 31.6 Å². The van der Waals surface area contributed by atoms with E-state index in [1.54, 1.807) is 20.8 Å². The molecule has 0 aliphatic carbocycles. The first kappa shape index (κ1) is 30.5. The molecule has 0 unspecified atom stereocenters. The van der Waals surface area contributed by atoms with E-state index < -0.39 is 35.3 Å². The van der Waals surface area contributed by atoms with Crippen molar-refractivity contribution >= 4 is 18.0 Å². The molecule has 2 amide bonds. The van der Waals surface area contributed by atoms with Crippen molar-refractivity contribution in [2.75, 3.05) is 39.8 Å². The van der Waals surface area contributed by atoms with Crippen LogP contribution >= 0.6 is 0 Å². The van der Waals surface area contributed by atoms with Gasteiger partial charge in [-0.1, -0.05) is 30.3 Å². The van der Waals surface area contributed by atoms with E-state index in [9.17, 15) is 19.6 Å². The Bertz CT molecular complexity index is 1400. The number of hydrogen-bond donors (Lipinski definition) is 1. The van der Waals surface area contributed by atoms with Gasteiger partial charge < -0.3 is 29.3 Å². The topological polar surface area (TPSA) is 121 Å². The summed E-state index contributed by atoms with van der Waals surface area (Å²) in [6, 6.07) is 15.1. The molecule has 43 heavy (non-hydrogen) atoms. The number of nitriles is 1. The molecular formula is C33H40N4O6. The van der Waals surface area contributed by atoms with Crippen LogP contribution in [0.25, 0.3) is 11.1 Å². The Labute approximate surface area is 252 Å². The Morgan fingerprint density at radius 1 is 1.12 bits per heavy atom. The molecule has 5 rings (SSSR count). The van der Waals surface area contributed by atoms with Crippen molar-refractivity contribution in [1.82, 2.24) is 15.1 Å². The van der Waals surface area contributed by atoms with E-state index in [-0.39, 0.29) is 12.5 Å². The molecule has 2 fully saturated rings. The Kier molecular flexibility index (Phi) is 8.76. The van der Waals surface area contributed by atoms with Gasteiger partial charge >= 0.3 is 12.1 Å². The number of likely N-dealkylation sites (tertiary alicyclic amines) is 1. The van der Waals surface area contributed by atoms with Crippen LogP contribution in [0.4, 0.5) is 4.79 Å². The fraction of sp³-hybridized carbons (Fsp3) is 0.515. The third-order valence-corrected chi connectivity index (χ3v) is 8.23. The van der Waals surface area contributed by atoms with E-state index in [0.717, 1.165) is 48.2 Å². The van der Waals surface area contributed by atoms with Gasteiger partial charge in [0.1, 0.15) is 17.2 Å². The molecular weight excluding hydrogens is 548 g/mol. The first-order valence-corrected chi connectivity index (χ1v) is 14.9. The molecule has 1 N–H and O–H groups in total. The third kappa shape index (κ3) is 7.00. The predicted molar refractivity (Wildman–Crippen MR) is 159 cm³/mol. The van der Waals surface area contributed by atoms with Crippen molar-refractivity contribution in [3.8, 4) is 17.2 Å². The average molecular weight is 589 g/mol. The molecule has 3 aliphatic heterocycles. The highest BCUT2D eigenvalue weighted by Gasteiger charge is 2.47. The number of carbonyl (C=O) groups excluding carboxylic acids is 3. The third-order valence-electron chi connectivity index (χ3n) is 8.23. The van der Waals surface area contributed by atoms with Gasteiger partial charge in [-0.15, -0.1) is 0 Å². The number of benzene rings is 2. The van der Waals surface area contributed by atoms with Crippen molar-refractivity contribution < 1.29 is 28.6 Å². The van der Waals surface area contributed by atoms with Crippen LogP contribution in [-0.4, -0.2) is 85.3 Å². The second-order valence-electron chi connectivity index (χ2n) is 12.7. The zero-order valence-electron chi connectivity index (χ0n) is 25.4. The monoisotopic (exact) mass is 588 g/mol. The first-order valence-electron chi connectivity index (χ1n) is 14.9. The SMILES string of the molecule is CN1CCC2(CC1)OC(=O)c1ccc(-c3ccc(C[C@@H](C#N)NC(=O)[C@@H]4CN(C(=O)OC(C)(C)C)CCCO4)cc3)cc12. The summed E-state index contributed by atoms with van der Waals surface area (Å²) in [5.41, 5.74) is 3.27. The van der Waals surface area contributed by atoms with E-state index in [4.69, 9.17) is 14.2 Å². The number of piperidine rings is 1. The first-order chi connectivity index (χ1) is 20.5. The highest BCUT2D eigenvalue weighted by Crippen LogP contribution is 2.45. The lowest BCUT2D eigenvalue weighted by molar-refractivity contribution is -0.133. The number of amides is 2. The van der Waals surface area contributed by atoms with Crippen LogP contribution < -0.4 is 5.32 Å². The zero-order chi connectivity index (χ0) is 30.8. The van der Waals surface area contributed by atoms with Crippen molar-refractivity contribution in [3.63, 3.8) is 0 Å². The summed E-state index contributed by atoms with van der Waals surface area (Å²) in [4.78, 5) is 42.0. The quantitative estimate of drug-likeness (QED) is 0.520. The van der Waals surface area contributed by atoms with Gasteiger partial charge in [0.05, 0.1) is 18.2 Å². The lowest BCUT2D eigenvalue weighted by atomic mass is 9.82. The standard InChI is InChI=1S/C33H40N4O6/c1-32(2,3)43-31(40)37-14-5-17-41-28(21-37)29(38)35-25(20-34)18-22-6-8-23(9-7-22)24-10-11-26-27(19-24)33(42-30(26)39)12-15-36(4)16-13-33/h6-11,19,25,28H,5,12-18,21H2,1-4H3,(H,35,38)/t25-,28-/m0/s1. The van der Waals surface area contributed by atoms with E-state index >= 15 is 0 Å². The lowest BCUT2D eigenvalue weighted by Crippen LogP contribution is -2.48. The predicted octanol–water partition coefficient (Wildman–Crippen LogP) is 4.02. The number of nitrogens with one attached hydrogen (secondary N) is 1. The molecule has 0 saturated carbocycles. The maximum absolute atomic E-state index is 13.1. The van der Waals surface area contributed by atoms with Gasteiger partial charge in [-0.2, -0.15) is 5.26 Å². The summed E-state index contributed by atoms with van der Waals surface area (Å²) in [5.74, 6) is -0.686. The summed E-state index contributed by atoms with van der Waals surface area (Å²) in [6.45, 7) is 7.94. The summed E-state index contributed by atoms with van der Waals surface area (Å²) in [6.07, 6.45) is 1.07. The van der Waals surface area contributed by atoms with Gasteiger partial charge in [0.2, 0.25) is 0 Å². The smallest absolute Gasteiger partial charge is 0.410 e. The number of nitrogens with zero attached hydrogens (tertiary/aromatic N) is 3. The van der Waals surface area contributed by atoms with Crippen LogP contribution in [0, 0.1) is 11.3 Å². The fourth-order valence-corrected chi connectivity index (χ4v) is 5.86. The van der Waals surface area contributed by atoms with E-state index in [1.807, 2.05) is 36.4 Å². The summed E-state index contributed by atoms with van der Waals surface area (Å²) >= 11 is 0. The molecule has 1 spiro atoms. The van der Waals surface area contributed by atoms with Gasteiger partial charge in [0.25, 0.3) is 5.91 Å². The van der Waals surface area contributed by atoms with E-state index in [1.165, 1.54) is 4.90 Å². The van der Waals surface area contributed by atoms with Gasteiger partial charge in [-0.25, -0.2) is 9.59 Å². The molecule has 2 aromatic rings. The second-order valence-corrected chi connectivity index (χ2v) is 12.7. The molecule has 0 radical (unpaired) electrons. The van der Waals surface area contributed by atoms with Crippen LogP contribution in [-0.2, 0) is 31.0 Å². The molecule has 2 aromatic carbocycles. The molecule has 10 heteroatoms. The molecule has 0 aromatic heterocycles. The Balaban J connectivity index is 1.23. The number of hydrogen-bond acceptors (Lipinski definition) is 8. The van der Waals surface area contributed by atoms with Crippen LogP contribution in [0.5, 0.6) is 0 Å². The number of carbonyl (C=O) groups is 3. The molecule has 3 aliphatic rings. The Hall–Kier alpha value is -3.94. The highest BCUT2D eigenvalue weighted by atomic mass is 16.6. The van der Waals surface area contributed by atoms with Crippen molar-refractivity contribution in [2.45, 2.75) is 69.8 Å². The second kappa shape index (κ2) is 12.3. The van der Waals surface area contributed by atoms with Crippen LogP contribution in [0.1, 0.15) is 61.5 Å². The molecule has 0 bridgehead atoms. The number of fused-ring (bicyclic) bond motifs is 2. The Morgan fingerprint density at radius 3 is 2.49 bits per heavy atom. The molecule has 2 atom stereocenters. The normalized spacial score (nSPS) is 20.9. The lowest BCUT2D eigenvalue weighted by Gasteiger charge is -2.37. The minimum absolute atomic E-state index is 0.0585. The average Bonchev–Trinajstić information content (AvgIpc) is 3.10. The van der Waals surface area contributed by atoms with Gasteiger partial charge in [-0.05, 0) is 63.1 Å². The molecule has 2 saturated heterocycles. The largest absolute Gasteiger partial charge is 0.450 e. The number of esters is 1. The maximum Gasteiger partial charge on any atom is 0.410 e. The van der Waals surface area contributed by atoms with Crippen LogP contribution in [0.15, 0.2) is 42.5 Å². The van der Waals surface area contributed by atoms with Crippen molar-refractivity contribution in [1.29, 1.82) is 5.26 Å². The number of rotatable bonds is 5. The van der Waals surface area contributed by atoms with Gasteiger partial charge in [-0.3, -0.25) is 4.79 Å². The molecule has 228 valence electrons.